The molecule has 0 bridgehead atoms. The molecule has 0 aliphatic heterocycles. The zero-order valence-corrected chi connectivity index (χ0v) is 12.3. The molecule has 0 saturated carbocycles. The van der Waals surface area contributed by atoms with Gasteiger partial charge in [-0.3, -0.25) is 10.6 Å². The summed E-state index contributed by atoms with van der Waals surface area (Å²) in [6.07, 6.45) is 2.01. The second kappa shape index (κ2) is 6.87. The Labute approximate surface area is 117 Å². The number of nitrogens with two attached hydrogens (primary N) is 1. The largest absolute Gasteiger partial charge is 0.338 e. The quantitative estimate of drug-likeness (QED) is 0.645. The average Bonchev–Trinajstić information content (AvgIpc) is 2.37. The highest BCUT2D eigenvalue weighted by atomic mass is 35.5. The van der Waals surface area contributed by atoms with Crippen molar-refractivity contribution in [1.82, 2.24) is 4.90 Å². The normalized spacial score (nSPS) is 12.1. The molecule has 0 aliphatic carbocycles. The number of rotatable bonds is 5. The van der Waals surface area contributed by atoms with Gasteiger partial charge in [0.25, 0.3) is 5.91 Å². The molecule has 0 saturated heterocycles. The third-order valence-corrected chi connectivity index (χ3v) is 3.81. The number of halogens is 1. The Morgan fingerprint density at radius 1 is 1.61 bits per heavy atom. The van der Waals surface area contributed by atoms with Crippen LogP contribution >= 0.6 is 23.4 Å². The molecule has 1 aromatic carbocycles. The van der Waals surface area contributed by atoms with Gasteiger partial charge in [-0.15, -0.1) is 0 Å². The molecule has 0 aliphatic rings. The molecule has 100 valence electrons. The summed E-state index contributed by atoms with van der Waals surface area (Å²) in [4.78, 5) is 14.1. The van der Waals surface area contributed by atoms with Crippen molar-refractivity contribution in [2.75, 3.05) is 24.5 Å². The summed E-state index contributed by atoms with van der Waals surface area (Å²) in [5.41, 5.74) is 3.58. The van der Waals surface area contributed by atoms with E-state index >= 15 is 0 Å². The van der Waals surface area contributed by atoms with E-state index in [-0.39, 0.29) is 11.9 Å². The van der Waals surface area contributed by atoms with Crippen molar-refractivity contribution < 1.29 is 4.79 Å². The van der Waals surface area contributed by atoms with Gasteiger partial charge in [-0.25, -0.2) is 0 Å². The van der Waals surface area contributed by atoms with E-state index in [1.54, 1.807) is 41.9 Å². The molecule has 0 spiro atoms. The summed E-state index contributed by atoms with van der Waals surface area (Å²) in [6.45, 7) is 2.01. The number of carbonyl (C=O) groups excluding carboxylic acids is 1. The first-order valence-corrected chi connectivity index (χ1v) is 7.30. The fourth-order valence-electron chi connectivity index (χ4n) is 1.56. The van der Waals surface area contributed by atoms with Gasteiger partial charge in [0.15, 0.2) is 0 Å². The van der Waals surface area contributed by atoms with E-state index in [0.29, 0.717) is 16.3 Å². The van der Waals surface area contributed by atoms with Crippen LogP contribution in [0.5, 0.6) is 0 Å². The topological polar surface area (TPSA) is 58.4 Å². The molecule has 0 aromatic heterocycles. The van der Waals surface area contributed by atoms with E-state index in [0.717, 1.165) is 5.75 Å². The lowest BCUT2D eigenvalue weighted by molar-refractivity contribution is 0.0758. The van der Waals surface area contributed by atoms with Crippen LogP contribution in [0, 0.1) is 0 Å². The van der Waals surface area contributed by atoms with Crippen molar-refractivity contribution in [3.05, 3.63) is 28.8 Å². The Morgan fingerprint density at radius 2 is 2.28 bits per heavy atom. The number of hydrogen-bond acceptors (Lipinski definition) is 4. The SMILES string of the molecule is CSCC(C)N(C)C(=O)c1cc(Cl)ccc1NN. The lowest BCUT2D eigenvalue weighted by Crippen LogP contribution is -2.37. The number of carbonyl (C=O) groups is 1. The Bertz CT molecular complexity index is 428. The van der Waals surface area contributed by atoms with E-state index in [9.17, 15) is 4.79 Å². The number of nitrogen functional groups attached to an aromatic ring is 1. The summed E-state index contributed by atoms with van der Waals surface area (Å²) in [6, 6.07) is 5.17. The number of thioether (sulfide) groups is 1. The molecule has 1 unspecified atom stereocenters. The molecule has 1 atom stereocenters. The number of anilines is 1. The second-order valence-corrected chi connectivity index (χ2v) is 5.40. The van der Waals surface area contributed by atoms with Gasteiger partial charge in [-0.2, -0.15) is 11.8 Å². The van der Waals surface area contributed by atoms with Gasteiger partial charge in [0.1, 0.15) is 0 Å². The van der Waals surface area contributed by atoms with Gasteiger partial charge in [-0.05, 0) is 31.4 Å². The monoisotopic (exact) mass is 287 g/mol. The second-order valence-electron chi connectivity index (χ2n) is 4.05. The molecule has 0 radical (unpaired) electrons. The Balaban J connectivity index is 2.98. The Morgan fingerprint density at radius 3 is 2.83 bits per heavy atom. The molecule has 0 fully saturated rings. The Hall–Kier alpha value is -0.910. The minimum atomic E-state index is -0.0907. The predicted molar refractivity (Wildman–Crippen MR) is 79.2 cm³/mol. The van der Waals surface area contributed by atoms with Crippen molar-refractivity contribution in [1.29, 1.82) is 0 Å². The lowest BCUT2D eigenvalue weighted by atomic mass is 10.1. The molecular weight excluding hydrogens is 270 g/mol. The van der Waals surface area contributed by atoms with Crippen LogP contribution in [0.1, 0.15) is 17.3 Å². The van der Waals surface area contributed by atoms with E-state index < -0.39 is 0 Å². The maximum absolute atomic E-state index is 12.4. The highest BCUT2D eigenvalue weighted by molar-refractivity contribution is 7.98. The number of nitrogens with zero attached hydrogens (tertiary/aromatic N) is 1. The molecule has 6 heteroatoms. The van der Waals surface area contributed by atoms with Gasteiger partial charge in [0.05, 0.1) is 11.3 Å². The number of hydrazine groups is 1. The van der Waals surface area contributed by atoms with Crippen molar-refractivity contribution >= 4 is 35.0 Å². The zero-order chi connectivity index (χ0) is 13.7. The third kappa shape index (κ3) is 3.54. The fraction of sp³-hybridized carbons (Fsp3) is 0.417. The minimum Gasteiger partial charge on any atom is -0.338 e. The molecule has 1 rings (SSSR count). The van der Waals surface area contributed by atoms with Crippen LogP contribution in [0.25, 0.3) is 0 Å². The van der Waals surface area contributed by atoms with Gasteiger partial charge >= 0.3 is 0 Å². The number of hydrogen-bond donors (Lipinski definition) is 2. The molecule has 1 aromatic rings. The predicted octanol–water partition coefficient (Wildman–Crippen LogP) is 2.45. The number of nitrogens with one attached hydrogen (secondary N) is 1. The number of amides is 1. The first-order valence-electron chi connectivity index (χ1n) is 5.53. The average molecular weight is 288 g/mol. The highest BCUT2D eigenvalue weighted by Crippen LogP contribution is 2.22. The lowest BCUT2D eigenvalue weighted by Gasteiger charge is -2.25. The van der Waals surface area contributed by atoms with Crippen LogP contribution in [0.15, 0.2) is 18.2 Å². The maximum atomic E-state index is 12.4. The van der Waals surface area contributed by atoms with Crippen LogP contribution in [-0.4, -0.2) is 35.9 Å². The van der Waals surface area contributed by atoms with Crippen LogP contribution in [-0.2, 0) is 0 Å². The van der Waals surface area contributed by atoms with Crippen molar-refractivity contribution in [2.45, 2.75) is 13.0 Å². The molecule has 4 nitrogen and oxygen atoms in total. The van der Waals surface area contributed by atoms with E-state index in [1.165, 1.54) is 0 Å². The van der Waals surface area contributed by atoms with Crippen LogP contribution in [0.3, 0.4) is 0 Å². The van der Waals surface area contributed by atoms with Crippen LogP contribution < -0.4 is 11.3 Å². The zero-order valence-electron chi connectivity index (χ0n) is 10.7. The molecule has 18 heavy (non-hydrogen) atoms. The van der Waals surface area contributed by atoms with Gasteiger partial charge < -0.3 is 10.3 Å². The van der Waals surface area contributed by atoms with Crippen LogP contribution in [0.4, 0.5) is 5.69 Å². The summed E-state index contributed by atoms with van der Waals surface area (Å²) < 4.78 is 0. The Kier molecular flexibility index (Phi) is 5.78. The standard InChI is InChI=1S/C12H18ClN3OS/c1-8(7-18-3)16(2)12(17)10-6-9(13)4-5-11(10)15-14/h4-6,8,15H,7,14H2,1-3H3. The van der Waals surface area contributed by atoms with Gasteiger partial charge in [0, 0.05) is 23.9 Å². The van der Waals surface area contributed by atoms with Gasteiger partial charge in [0.2, 0.25) is 0 Å². The summed E-state index contributed by atoms with van der Waals surface area (Å²) in [5.74, 6) is 6.20. The molecule has 1 amide bonds. The van der Waals surface area contributed by atoms with Crippen LogP contribution in [0.2, 0.25) is 5.02 Å². The number of benzene rings is 1. The molecular formula is C12H18ClN3OS. The van der Waals surface area contributed by atoms with Crippen molar-refractivity contribution in [2.24, 2.45) is 5.84 Å². The van der Waals surface area contributed by atoms with E-state index in [2.05, 4.69) is 5.43 Å². The van der Waals surface area contributed by atoms with Crippen molar-refractivity contribution in [3.63, 3.8) is 0 Å². The summed E-state index contributed by atoms with van der Waals surface area (Å²) in [5, 5.41) is 0.517. The highest BCUT2D eigenvalue weighted by Gasteiger charge is 2.20. The minimum absolute atomic E-state index is 0.0907. The molecule has 3 N–H and O–H groups in total. The fourth-order valence-corrected chi connectivity index (χ4v) is 2.44. The van der Waals surface area contributed by atoms with E-state index in [1.807, 2.05) is 13.2 Å². The summed E-state index contributed by atoms with van der Waals surface area (Å²) in [7, 11) is 1.78. The maximum Gasteiger partial charge on any atom is 0.256 e. The van der Waals surface area contributed by atoms with Crippen molar-refractivity contribution in [3.8, 4) is 0 Å². The summed E-state index contributed by atoms with van der Waals surface area (Å²) >= 11 is 7.62. The first-order chi connectivity index (χ1) is 8.51. The van der Waals surface area contributed by atoms with E-state index in [4.69, 9.17) is 17.4 Å². The van der Waals surface area contributed by atoms with Gasteiger partial charge in [-0.1, -0.05) is 11.6 Å². The smallest absolute Gasteiger partial charge is 0.256 e. The molecule has 0 heterocycles. The first kappa shape index (κ1) is 15.1. The third-order valence-electron chi connectivity index (χ3n) is 2.76.